The molecule has 2 N–H and O–H groups in total. The molecule has 172 valence electrons. The minimum atomic E-state index is -0.561. The first kappa shape index (κ1) is 23.5. The van der Waals surface area contributed by atoms with Crippen LogP contribution in [0.25, 0.3) is 0 Å². The van der Waals surface area contributed by atoms with Gasteiger partial charge in [0.15, 0.2) is 0 Å². The highest BCUT2D eigenvalue weighted by Gasteiger charge is 2.20. The molecule has 0 bridgehead atoms. The summed E-state index contributed by atoms with van der Waals surface area (Å²) in [4.78, 5) is 25.1. The maximum absolute atomic E-state index is 13.1. The lowest BCUT2D eigenvalue weighted by molar-refractivity contribution is -0.119. The number of hydrogen-bond acceptors (Lipinski definition) is 5. The number of carbonyl (C=O) groups is 2. The molecule has 7 nitrogen and oxygen atoms in total. The van der Waals surface area contributed by atoms with Gasteiger partial charge >= 0.3 is 6.09 Å². The van der Waals surface area contributed by atoms with E-state index in [9.17, 15) is 14.0 Å². The summed E-state index contributed by atoms with van der Waals surface area (Å²) in [7, 11) is 1.51. The van der Waals surface area contributed by atoms with Gasteiger partial charge in [-0.25, -0.2) is 9.18 Å². The summed E-state index contributed by atoms with van der Waals surface area (Å²) in [6, 6.07) is 13.9. The summed E-state index contributed by atoms with van der Waals surface area (Å²) in [6.45, 7) is 3.08. The first-order valence-corrected chi connectivity index (χ1v) is 10.9. The van der Waals surface area contributed by atoms with Crippen LogP contribution in [0.15, 0.2) is 48.5 Å². The summed E-state index contributed by atoms with van der Waals surface area (Å²) in [5.41, 5.74) is 1.17. The molecule has 1 aliphatic rings. The molecule has 2 aromatic rings. The number of nitrogens with one attached hydrogen (secondary N) is 2. The van der Waals surface area contributed by atoms with Crippen molar-refractivity contribution in [2.45, 2.75) is 25.8 Å². The number of halogens is 1. The van der Waals surface area contributed by atoms with Crippen LogP contribution in [0.2, 0.25) is 0 Å². The molecule has 1 aliphatic heterocycles. The molecule has 0 unspecified atom stereocenters. The van der Waals surface area contributed by atoms with Crippen molar-refractivity contribution >= 4 is 12.0 Å². The lowest BCUT2D eigenvalue weighted by Crippen LogP contribution is -2.36. The van der Waals surface area contributed by atoms with E-state index in [1.165, 1.54) is 24.7 Å². The molecule has 3 rings (SSSR count). The standard InChI is InChI=1S/C24H30FN3O4/c1-26-23(29)16-27-24(30)31-14-11-18-9-12-28(13-10-18)17-19-3-2-4-22(15-19)32-21-7-5-20(25)6-8-21/h2-8,15,18H,9-14,16-17H2,1H3,(H,26,29)(H,27,30). The number of alkyl carbamates (subject to hydrolysis) is 1. The van der Waals surface area contributed by atoms with Crippen LogP contribution in [0.1, 0.15) is 24.8 Å². The Morgan fingerprint density at radius 3 is 2.56 bits per heavy atom. The summed E-state index contributed by atoms with van der Waals surface area (Å²) in [5.74, 6) is 1.31. The summed E-state index contributed by atoms with van der Waals surface area (Å²) in [5, 5.41) is 4.85. The van der Waals surface area contributed by atoms with Gasteiger partial charge in [-0.3, -0.25) is 9.69 Å². The Hall–Kier alpha value is -3.13. The SMILES string of the molecule is CNC(=O)CNC(=O)OCCC1CCN(Cc2cccc(Oc3ccc(F)cc3)c2)CC1. The molecular weight excluding hydrogens is 413 g/mol. The van der Waals surface area contributed by atoms with Crippen molar-refractivity contribution in [2.24, 2.45) is 5.92 Å². The maximum Gasteiger partial charge on any atom is 0.407 e. The van der Waals surface area contributed by atoms with Gasteiger partial charge in [0, 0.05) is 13.6 Å². The normalized spacial score (nSPS) is 14.6. The Labute approximate surface area is 187 Å². The molecule has 0 spiro atoms. The maximum atomic E-state index is 13.1. The number of piperidine rings is 1. The van der Waals surface area contributed by atoms with Crippen molar-refractivity contribution in [1.82, 2.24) is 15.5 Å². The van der Waals surface area contributed by atoms with Crippen molar-refractivity contribution in [2.75, 3.05) is 33.3 Å². The molecule has 0 aliphatic carbocycles. The number of nitrogens with zero attached hydrogens (tertiary/aromatic N) is 1. The van der Waals surface area contributed by atoms with Crippen molar-refractivity contribution in [3.8, 4) is 11.5 Å². The number of ether oxygens (including phenoxy) is 2. The van der Waals surface area contributed by atoms with Crippen molar-refractivity contribution in [1.29, 1.82) is 0 Å². The smallest absolute Gasteiger partial charge is 0.407 e. The number of amides is 2. The zero-order valence-electron chi connectivity index (χ0n) is 18.3. The minimum Gasteiger partial charge on any atom is -0.457 e. The Morgan fingerprint density at radius 2 is 1.84 bits per heavy atom. The lowest BCUT2D eigenvalue weighted by atomic mass is 9.93. The van der Waals surface area contributed by atoms with Gasteiger partial charge in [0.2, 0.25) is 5.91 Å². The van der Waals surface area contributed by atoms with Crippen LogP contribution in [-0.2, 0) is 16.1 Å². The van der Waals surface area contributed by atoms with E-state index in [0.29, 0.717) is 18.3 Å². The van der Waals surface area contributed by atoms with E-state index < -0.39 is 6.09 Å². The molecule has 1 saturated heterocycles. The molecule has 0 aromatic heterocycles. The Bertz CT molecular complexity index is 883. The van der Waals surface area contributed by atoms with Crippen LogP contribution in [-0.4, -0.2) is 50.2 Å². The molecule has 1 heterocycles. The highest BCUT2D eigenvalue weighted by atomic mass is 19.1. The predicted molar refractivity (Wildman–Crippen MR) is 119 cm³/mol. The number of carbonyl (C=O) groups excluding carboxylic acids is 2. The monoisotopic (exact) mass is 443 g/mol. The third-order valence-electron chi connectivity index (χ3n) is 5.49. The van der Waals surface area contributed by atoms with E-state index in [1.54, 1.807) is 12.1 Å². The predicted octanol–water partition coefficient (Wildman–Crippen LogP) is 3.69. The molecule has 0 radical (unpaired) electrons. The molecular formula is C24H30FN3O4. The van der Waals surface area contributed by atoms with Crippen molar-refractivity contribution < 1.29 is 23.5 Å². The van der Waals surface area contributed by atoms with Gasteiger partial charge in [0.1, 0.15) is 17.3 Å². The van der Waals surface area contributed by atoms with Gasteiger partial charge in [0.25, 0.3) is 0 Å². The average molecular weight is 444 g/mol. The average Bonchev–Trinajstić information content (AvgIpc) is 2.80. The second kappa shape index (κ2) is 12.0. The number of likely N-dealkylation sites (tertiary alicyclic amines) is 1. The Morgan fingerprint density at radius 1 is 1.09 bits per heavy atom. The van der Waals surface area contributed by atoms with Crippen LogP contribution >= 0.6 is 0 Å². The first-order valence-electron chi connectivity index (χ1n) is 10.9. The van der Waals surface area contributed by atoms with Crippen LogP contribution < -0.4 is 15.4 Å². The van der Waals surface area contributed by atoms with E-state index in [1.807, 2.05) is 18.2 Å². The van der Waals surface area contributed by atoms with Gasteiger partial charge in [-0.1, -0.05) is 12.1 Å². The lowest BCUT2D eigenvalue weighted by Gasteiger charge is -2.32. The van der Waals surface area contributed by atoms with Gasteiger partial charge in [-0.15, -0.1) is 0 Å². The Kier molecular flexibility index (Phi) is 8.86. The van der Waals surface area contributed by atoms with E-state index in [0.717, 1.165) is 44.6 Å². The number of likely N-dealkylation sites (N-methyl/N-ethyl adjacent to an activating group) is 1. The van der Waals surface area contributed by atoms with Crippen LogP contribution in [0.4, 0.5) is 9.18 Å². The molecule has 1 fully saturated rings. The van der Waals surface area contributed by atoms with Crippen LogP contribution in [0.3, 0.4) is 0 Å². The number of hydrogen-bond donors (Lipinski definition) is 2. The van der Waals surface area contributed by atoms with Crippen LogP contribution in [0.5, 0.6) is 11.5 Å². The zero-order valence-corrected chi connectivity index (χ0v) is 18.3. The summed E-state index contributed by atoms with van der Waals surface area (Å²) in [6.07, 6.45) is 2.36. The summed E-state index contributed by atoms with van der Waals surface area (Å²) >= 11 is 0. The second-order valence-electron chi connectivity index (χ2n) is 7.87. The highest BCUT2D eigenvalue weighted by Crippen LogP contribution is 2.25. The second-order valence-corrected chi connectivity index (χ2v) is 7.87. The quantitative estimate of drug-likeness (QED) is 0.618. The fourth-order valence-electron chi connectivity index (χ4n) is 3.65. The number of benzene rings is 2. The topological polar surface area (TPSA) is 79.9 Å². The van der Waals surface area contributed by atoms with Gasteiger partial charge in [0.05, 0.1) is 13.2 Å². The molecule has 0 atom stereocenters. The van der Waals surface area contributed by atoms with Gasteiger partial charge < -0.3 is 20.1 Å². The fraction of sp³-hybridized carbons (Fsp3) is 0.417. The van der Waals surface area contributed by atoms with E-state index >= 15 is 0 Å². The minimum absolute atomic E-state index is 0.0795. The van der Waals surface area contributed by atoms with E-state index in [-0.39, 0.29) is 18.3 Å². The van der Waals surface area contributed by atoms with Gasteiger partial charge in [-0.05, 0) is 80.2 Å². The molecule has 0 saturated carbocycles. The third-order valence-corrected chi connectivity index (χ3v) is 5.49. The number of rotatable bonds is 9. The Balaban J connectivity index is 1.36. The largest absolute Gasteiger partial charge is 0.457 e. The summed E-state index contributed by atoms with van der Waals surface area (Å²) < 4.78 is 24.0. The molecule has 8 heteroatoms. The fourth-order valence-corrected chi connectivity index (χ4v) is 3.65. The van der Waals surface area contributed by atoms with Gasteiger partial charge in [-0.2, -0.15) is 0 Å². The highest BCUT2D eigenvalue weighted by molar-refractivity contribution is 5.81. The molecule has 32 heavy (non-hydrogen) atoms. The molecule has 2 amide bonds. The van der Waals surface area contributed by atoms with E-state index in [2.05, 4.69) is 21.6 Å². The third kappa shape index (κ3) is 7.85. The van der Waals surface area contributed by atoms with Crippen LogP contribution in [0, 0.1) is 11.7 Å². The van der Waals surface area contributed by atoms with E-state index in [4.69, 9.17) is 9.47 Å². The van der Waals surface area contributed by atoms with Crippen molar-refractivity contribution in [3.63, 3.8) is 0 Å². The van der Waals surface area contributed by atoms with Crippen molar-refractivity contribution in [3.05, 3.63) is 59.9 Å². The first-order chi connectivity index (χ1) is 15.5. The molecule has 2 aromatic carbocycles. The zero-order chi connectivity index (χ0) is 22.8.